The highest BCUT2D eigenvalue weighted by Crippen LogP contribution is 2.37. The van der Waals surface area contributed by atoms with Crippen molar-refractivity contribution in [2.45, 2.75) is 37.8 Å². The molecule has 0 bridgehead atoms. The lowest BCUT2D eigenvalue weighted by Crippen LogP contribution is -2.41. The minimum atomic E-state index is -5.86. The van der Waals surface area contributed by atoms with E-state index in [1.165, 1.54) is 6.92 Å². The van der Waals surface area contributed by atoms with Crippen LogP contribution >= 0.6 is 0 Å². The average molecular weight is 357 g/mol. The van der Waals surface area contributed by atoms with Gasteiger partial charge in [-0.05, 0) is 24.1 Å². The number of aliphatic hydroxyl groups is 2. The topological polar surface area (TPSA) is 78.8 Å². The standard InChI is InChI=1S/C14H16F5NO4/c1-8(21)20-7-6-11(22)12(23)9-2-4-10(5-3-9)24-14(18,19)13(15,16)17/h2-5,11-12,22-23H,6-7H2,1H3,(H,20,21). The van der Waals surface area contributed by atoms with Crippen LogP contribution in [-0.4, -0.2) is 41.1 Å². The van der Waals surface area contributed by atoms with Gasteiger partial charge < -0.3 is 20.3 Å². The molecule has 1 amide bonds. The lowest BCUT2D eigenvalue weighted by molar-refractivity contribution is -0.360. The van der Waals surface area contributed by atoms with Crippen LogP contribution in [0.4, 0.5) is 22.0 Å². The summed E-state index contributed by atoms with van der Waals surface area (Å²) < 4.78 is 65.2. The van der Waals surface area contributed by atoms with Crippen molar-refractivity contribution in [1.82, 2.24) is 5.32 Å². The highest BCUT2D eigenvalue weighted by molar-refractivity contribution is 5.72. The Balaban J connectivity index is 2.68. The zero-order chi connectivity index (χ0) is 18.5. The van der Waals surface area contributed by atoms with Gasteiger partial charge in [0.1, 0.15) is 11.9 Å². The number of hydrogen-bond donors (Lipinski definition) is 3. The highest BCUT2D eigenvalue weighted by atomic mass is 19.4. The first-order valence-corrected chi connectivity index (χ1v) is 6.78. The fourth-order valence-corrected chi connectivity index (χ4v) is 1.72. The van der Waals surface area contributed by atoms with Crippen LogP contribution in [0.15, 0.2) is 24.3 Å². The zero-order valence-corrected chi connectivity index (χ0v) is 12.5. The van der Waals surface area contributed by atoms with Crippen molar-refractivity contribution in [1.29, 1.82) is 0 Å². The molecule has 10 heteroatoms. The lowest BCUT2D eigenvalue weighted by Gasteiger charge is -2.21. The summed E-state index contributed by atoms with van der Waals surface area (Å²) in [4.78, 5) is 10.7. The van der Waals surface area contributed by atoms with E-state index in [9.17, 15) is 37.0 Å². The van der Waals surface area contributed by atoms with Crippen molar-refractivity contribution in [3.05, 3.63) is 29.8 Å². The molecule has 0 heterocycles. The second-order valence-corrected chi connectivity index (χ2v) is 4.97. The molecule has 1 rings (SSSR count). The summed E-state index contributed by atoms with van der Waals surface area (Å²) in [7, 11) is 0. The van der Waals surface area contributed by atoms with Crippen molar-refractivity contribution in [2.24, 2.45) is 0 Å². The summed E-state index contributed by atoms with van der Waals surface area (Å²) in [5, 5.41) is 22.0. The Kier molecular flexibility index (Phi) is 6.50. The van der Waals surface area contributed by atoms with E-state index in [4.69, 9.17) is 0 Å². The summed E-state index contributed by atoms with van der Waals surface area (Å²) in [6, 6.07) is 3.74. The zero-order valence-electron chi connectivity index (χ0n) is 12.5. The normalized spacial score (nSPS) is 14.8. The van der Waals surface area contributed by atoms with E-state index in [1.807, 2.05) is 0 Å². The first-order chi connectivity index (χ1) is 10.9. The molecule has 0 radical (unpaired) electrons. The second kappa shape index (κ2) is 7.75. The van der Waals surface area contributed by atoms with Gasteiger partial charge in [0.15, 0.2) is 0 Å². The molecule has 2 atom stereocenters. The van der Waals surface area contributed by atoms with Crippen molar-refractivity contribution in [3.8, 4) is 5.75 Å². The average Bonchev–Trinajstić information content (AvgIpc) is 2.45. The molecule has 2 unspecified atom stereocenters. The number of carbonyl (C=O) groups excluding carboxylic acids is 1. The van der Waals surface area contributed by atoms with Crippen LogP contribution in [0.25, 0.3) is 0 Å². The number of halogens is 5. The molecular formula is C14H16F5NO4. The van der Waals surface area contributed by atoms with Gasteiger partial charge in [-0.2, -0.15) is 22.0 Å². The summed E-state index contributed by atoms with van der Waals surface area (Å²) in [5.41, 5.74) is 0.0907. The Morgan fingerprint density at radius 2 is 1.71 bits per heavy atom. The molecule has 0 aliphatic heterocycles. The number of amides is 1. The Labute approximate surface area is 134 Å². The number of aliphatic hydroxyl groups excluding tert-OH is 2. The molecule has 1 aromatic carbocycles. The smallest absolute Gasteiger partial charge is 0.426 e. The van der Waals surface area contributed by atoms with Crippen LogP contribution in [0.3, 0.4) is 0 Å². The molecule has 5 nitrogen and oxygen atoms in total. The van der Waals surface area contributed by atoms with Gasteiger partial charge >= 0.3 is 12.3 Å². The summed E-state index contributed by atoms with van der Waals surface area (Å²) in [6.07, 6.45) is -13.8. The van der Waals surface area contributed by atoms with Crippen LogP contribution in [0, 0.1) is 0 Å². The first-order valence-electron chi connectivity index (χ1n) is 6.78. The second-order valence-electron chi connectivity index (χ2n) is 4.97. The molecular weight excluding hydrogens is 341 g/mol. The van der Waals surface area contributed by atoms with Gasteiger partial charge in [0.2, 0.25) is 5.91 Å². The van der Waals surface area contributed by atoms with E-state index in [0.717, 1.165) is 24.3 Å². The van der Waals surface area contributed by atoms with Crippen molar-refractivity contribution >= 4 is 5.91 Å². The molecule has 0 aliphatic carbocycles. The predicted octanol–water partition coefficient (Wildman–Crippen LogP) is 2.14. The van der Waals surface area contributed by atoms with Gasteiger partial charge in [-0.15, -0.1) is 0 Å². The fraction of sp³-hybridized carbons (Fsp3) is 0.500. The van der Waals surface area contributed by atoms with Crippen LogP contribution in [0.2, 0.25) is 0 Å². The number of ether oxygens (including phenoxy) is 1. The maximum atomic E-state index is 12.7. The Morgan fingerprint density at radius 3 is 2.17 bits per heavy atom. The SMILES string of the molecule is CC(=O)NCCC(O)C(O)c1ccc(OC(F)(F)C(F)(F)F)cc1. The maximum absolute atomic E-state index is 12.7. The summed E-state index contributed by atoms with van der Waals surface area (Å²) >= 11 is 0. The summed E-state index contributed by atoms with van der Waals surface area (Å²) in [6.45, 7) is 1.38. The molecule has 0 saturated carbocycles. The van der Waals surface area contributed by atoms with Gasteiger partial charge in [-0.1, -0.05) is 12.1 Å². The molecule has 3 N–H and O–H groups in total. The fourth-order valence-electron chi connectivity index (χ4n) is 1.72. The third-order valence-corrected chi connectivity index (χ3v) is 2.98. The van der Waals surface area contributed by atoms with E-state index in [1.54, 1.807) is 0 Å². The molecule has 1 aromatic rings. The summed E-state index contributed by atoms with van der Waals surface area (Å²) in [5.74, 6) is -1.07. The predicted molar refractivity (Wildman–Crippen MR) is 72.3 cm³/mol. The Hall–Kier alpha value is -1.94. The quantitative estimate of drug-likeness (QED) is 0.654. The van der Waals surface area contributed by atoms with E-state index in [0.29, 0.717) is 0 Å². The minimum Gasteiger partial charge on any atom is -0.426 e. The number of carbonyl (C=O) groups is 1. The van der Waals surface area contributed by atoms with E-state index < -0.39 is 30.2 Å². The van der Waals surface area contributed by atoms with Gasteiger partial charge in [0.05, 0.1) is 6.10 Å². The third-order valence-electron chi connectivity index (χ3n) is 2.98. The number of alkyl halides is 5. The van der Waals surface area contributed by atoms with E-state index in [2.05, 4.69) is 10.1 Å². The molecule has 0 aromatic heterocycles. The lowest BCUT2D eigenvalue weighted by atomic mass is 10.0. The minimum absolute atomic E-state index is 0.0190. The van der Waals surface area contributed by atoms with Crippen LogP contribution in [0.1, 0.15) is 25.0 Å². The molecule has 0 aliphatic rings. The van der Waals surface area contributed by atoms with Gasteiger partial charge in [0, 0.05) is 13.5 Å². The van der Waals surface area contributed by atoms with Gasteiger partial charge in [-0.3, -0.25) is 4.79 Å². The number of nitrogens with one attached hydrogen (secondary N) is 1. The molecule has 24 heavy (non-hydrogen) atoms. The monoisotopic (exact) mass is 357 g/mol. The van der Waals surface area contributed by atoms with Crippen LogP contribution < -0.4 is 10.1 Å². The number of rotatable bonds is 7. The van der Waals surface area contributed by atoms with Crippen molar-refractivity contribution in [3.63, 3.8) is 0 Å². The largest absolute Gasteiger partial charge is 0.499 e. The van der Waals surface area contributed by atoms with Gasteiger partial charge in [-0.25, -0.2) is 0 Å². The Bertz CT molecular complexity index is 547. The first kappa shape index (κ1) is 20.1. The van der Waals surface area contributed by atoms with Gasteiger partial charge in [0.25, 0.3) is 0 Å². The van der Waals surface area contributed by atoms with E-state index >= 15 is 0 Å². The molecule has 0 saturated heterocycles. The molecule has 0 fully saturated rings. The van der Waals surface area contributed by atoms with Crippen molar-refractivity contribution in [2.75, 3.05) is 6.54 Å². The molecule has 136 valence electrons. The van der Waals surface area contributed by atoms with Crippen LogP contribution in [-0.2, 0) is 4.79 Å². The van der Waals surface area contributed by atoms with E-state index in [-0.39, 0.29) is 24.4 Å². The molecule has 0 spiro atoms. The number of benzene rings is 1. The third kappa shape index (κ3) is 5.60. The number of hydrogen-bond acceptors (Lipinski definition) is 4. The maximum Gasteiger partial charge on any atom is 0.499 e. The Morgan fingerprint density at radius 1 is 1.17 bits per heavy atom. The highest BCUT2D eigenvalue weighted by Gasteiger charge is 2.61. The van der Waals surface area contributed by atoms with Crippen molar-refractivity contribution < 1.29 is 41.7 Å². The van der Waals surface area contributed by atoms with Crippen LogP contribution in [0.5, 0.6) is 5.75 Å².